The molecule has 0 fully saturated rings. The summed E-state index contributed by atoms with van der Waals surface area (Å²) in [7, 11) is 0. The average Bonchev–Trinajstić information content (AvgIpc) is 3.32. The second-order valence-electron chi connectivity index (χ2n) is 6.86. The maximum absolute atomic E-state index is 4.77. The molecule has 4 aromatic rings. The number of fused-ring (bicyclic) bond motifs is 1. The van der Waals surface area contributed by atoms with Crippen LogP contribution >= 0.6 is 11.3 Å². The molecule has 4 heterocycles. The summed E-state index contributed by atoms with van der Waals surface area (Å²) in [6, 6.07) is 4.07. The minimum atomic E-state index is -0.0895. The molecule has 0 aliphatic rings. The maximum Gasteiger partial charge on any atom is 0.157 e. The Labute approximate surface area is 155 Å². The molecule has 0 atom stereocenters. The van der Waals surface area contributed by atoms with E-state index in [0.717, 1.165) is 32.6 Å². The van der Waals surface area contributed by atoms with Crippen LogP contribution < -0.4 is 5.32 Å². The van der Waals surface area contributed by atoms with Crippen LogP contribution in [-0.4, -0.2) is 29.9 Å². The third-order valence-electron chi connectivity index (χ3n) is 3.57. The van der Waals surface area contributed by atoms with E-state index in [1.807, 2.05) is 16.7 Å². The number of imidazole rings is 2. The van der Waals surface area contributed by atoms with Crippen molar-refractivity contribution in [2.24, 2.45) is 0 Å². The molecule has 0 spiro atoms. The van der Waals surface area contributed by atoms with E-state index in [0.29, 0.717) is 0 Å². The van der Waals surface area contributed by atoms with E-state index in [9.17, 15) is 0 Å². The highest BCUT2D eigenvalue weighted by molar-refractivity contribution is 7.16. The predicted molar refractivity (Wildman–Crippen MR) is 104 cm³/mol. The first-order valence-electron chi connectivity index (χ1n) is 8.21. The van der Waals surface area contributed by atoms with E-state index in [1.165, 1.54) is 0 Å². The van der Waals surface area contributed by atoms with Gasteiger partial charge >= 0.3 is 0 Å². The normalized spacial score (nSPS) is 11.3. The fourth-order valence-electron chi connectivity index (χ4n) is 2.54. The van der Waals surface area contributed by atoms with E-state index in [2.05, 4.69) is 58.9 Å². The molecule has 0 bridgehead atoms. The Morgan fingerprint density at radius 2 is 2.12 bits per heavy atom. The van der Waals surface area contributed by atoms with Gasteiger partial charge in [0.2, 0.25) is 0 Å². The maximum atomic E-state index is 4.77. The van der Waals surface area contributed by atoms with Gasteiger partial charge in [0.05, 0.1) is 22.3 Å². The first kappa shape index (κ1) is 16.4. The largest absolute Gasteiger partial charge is 0.365 e. The lowest BCUT2D eigenvalue weighted by atomic mass is 10.1. The van der Waals surface area contributed by atoms with Gasteiger partial charge in [-0.05, 0) is 44.7 Å². The molecule has 0 unspecified atom stereocenters. The summed E-state index contributed by atoms with van der Waals surface area (Å²) in [6.07, 6.45) is 8.86. The van der Waals surface area contributed by atoms with Crippen molar-refractivity contribution in [3.63, 3.8) is 0 Å². The van der Waals surface area contributed by atoms with Crippen LogP contribution in [-0.2, 0) is 0 Å². The van der Waals surface area contributed by atoms with Crippen LogP contribution in [0.3, 0.4) is 0 Å². The molecule has 130 valence electrons. The molecule has 0 aliphatic carbocycles. The van der Waals surface area contributed by atoms with E-state index in [-0.39, 0.29) is 5.54 Å². The number of aromatic nitrogens is 5. The molecule has 0 amide bonds. The van der Waals surface area contributed by atoms with Gasteiger partial charge in [-0.1, -0.05) is 0 Å². The Morgan fingerprint density at radius 3 is 2.88 bits per heavy atom. The average molecular weight is 362 g/mol. The molecule has 0 saturated heterocycles. The number of nitrogens with one attached hydrogen (secondary N) is 2. The van der Waals surface area contributed by atoms with Crippen LogP contribution in [0.25, 0.3) is 16.2 Å². The van der Waals surface area contributed by atoms with Crippen molar-refractivity contribution in [2.45, 2.75) is 26.3 Å². The van der Waals surface area contributed by atoms with Gasteiger partial charge < -0.3 is 10.3 Å². The molecule has 6 nitrogen and oxygen atoms in total. The highest BCUT2D eigenvalue weighted by Crippen LogP contribution is 2.34. The van der Waals surface area contributed by atoms with Gasteiger partial charge in [-0.15, -0.1) is 11.3 Å². The van der Waals surface area contributed by atoms with Crippen molar-refractivity contribution in [3.8, 4) is 22.4 Å². The van der Waals surface area contributed by atoms with Crippen molar-refractivity contribution in [2.75, 3.05) is 5.32 Å². The van der Waals surface area contributed by atoms with Crippen LogP contribution in [0.2, 0.25) is 0 Å². The summed E-state index contributed by atoms with van der Waals surface area (Å²) in [5.74, 6) is 7.17. The fraction of sp³-hybridized carbons (Fsp3) is 0.211. The number of rotatable bonds is 2. The molecular formula is C19H18N6S. The number of aromatic amines is 1. The van der Waals surface area contributed by atoms with Crippen molar-refractivity contribution in [3.05, 3.63) is 53.8 Å². The minimum Gasteiger partial charge on any atom is -0.365 e. The summed E-state index contributed by atoms with van der Waals surface area (Å²) in [5.41, 5.74) is 2.36. The fourth-order valence-corrected chi connectivity index (χ4v) is 3.39. The van der Waals surface area contributed by atoms with Crippen molar-refractivity contribution in [1.29, 1.82) is 0 Å². The first-order chi connectivity index (χ1) is 12.5. The number of anilines is 1. The molecule has 0 saturated carbocycles. The molecule has 4 rings (SSSR count). The van der Waals surface area contributed by atoms with Crippen molar-refractivity contribution >= 4 is 22.8 Å². The van der Waals surface area contributed by atoms with Gasteiger partial charge in [-0.3, -0.25) is 9.38 Å². The highest BCUT2D eigenvalue weighted by atomic mass is 32.1. The zero-order valence-corrected chi connectivity index (χ0v) is 15.6. The number of hydrogen-bond acceptors (Lipinski definition) is 5. The van der Waals surface area contributed by atoms with Gasteiger partial charge in [-0.2, -0.15) is 0 Å². The summed E-state index contributed by atoms with van der Waals surface area (Å²) >= 11 is 1.62. The van der Waals surface area contributed by atoms with Crippen molar-refractivity contribution in [1.82, 2.24) is 24.3 Å². The topological polar surface area (TPSA) is 70.9 Å². The van der Waals surface area contributed by atoms with Crippen LogP contribution in [0.1, 0.15) is 31.3 Å². The Balaban J connectivity index is 1.76. The smallest absolute Gasteiger partial charge is 0.157 e. The SMILES string of the molecule is CC(C)(C)Nc1c(-c2ccc(C#Cc3c[nH]cn3)s2)nc2cnccn12. The number of thiophene rings is 1. The molecule has 0 aromatic carbocycles. The van der Waals surface area contributed by atoms with E-state index >= 15 is 0 Å². The predicted octanol–water partition coefficient (Wildman–Crippen LogP) is 3.79. The Morgan fingerprint density at radius 1 is 1.23 bits per heavy atom. The molecule has 2 N–H and O–H groups in total. The quantitative estimate of drug-likeness (QED) is 0.532. The lowest BCUT2D eigenvalue weighted by Gasteiger charge is -2.22. The molecule has 4 aromatic heterocycles. The zero-order valence-electron chi connectivity index (χ0n) is 14.7. The highest BCUT2D eigenvalue weighted by Gasteiger charge is 2.20. The van der Waals surface area contributed by atoms with Crippen LogP contribution in [0.5, 0.6) is 0 Å². The lowest BCUT2D eigenvalue weighted by Crippen LogP contribution is -2.27. The molecular weight excluding hydrogens is 344 g/mol. The van der Waals surface area contributed by atoms with Gasteiger partial charge in [0.25, 0.3) is 0 Å². The first-order valence-corrected chi connectivity index (χ1v) is 9.02. The van der Waals surface area contributed by atoms with E-state index in [4.69, 9.17) is 4.98 Å². The molecule has 7 heteroatoms. The Hall–Kier alpha value is -3.11. The monoisotopic (exact) mass is 362 g/mol. The van der Waals surface area contributed by atoms with Gasteiger partial charge in [0.1, 0.15) is 17.2 Å². The third-order valence-corrected chi connectivity index (χ3v) is 4.58. The number of hydrogen-bond donors (Lipinski definition) is 2. The third kappa shape index (κ3) is 3.32. The minimum absolute atomic E-state index is 0.0895. The van der Waals surface area contributed by atoms with Crippen LogP contribution in [0.15, 0.2) is 43.2 Å². The zero-order chi connectivity index (χ0) is 18.1. The standard InChI is InChI=1S/C19H18N6S/c1-19(2,3)24-18-17(23-16-11-20-8-9-25(16)18)15-7-6-14(26-15)5-4-13-10-21-12-22-13/h6-12,24H,1-3H3,(H,21,22). The lowest BCUT2D eigenvalue weighted by molar-refractivity contribution is 0.629. The summed E-state index contributed by atoms with van der Waals surface area (Å²) in [6.45, 7) is 6.39. The van der Waals surface area contributed by atoms with Crippen LogP contribution in [0.4, 0.5) is 5.82 Å². The summed E-state index contributed by atoms with van der Waals surface area (Å²) in [4.78, 5) is 18.0. The summed E-state index contributed by atoms with van der Waals surface area (Å²) in [5, 5.41) is 3.56. The molecule has 0 radical (unpaired) electrons. The Bertz CT molecular complexity index is 1100. The summed E-state index contributed by atoms with van der Waals surface area (Å²) < 4.78 is 2.03. The van der Waals surface area contributed by atoms with Crippen LogP contribution in [0, 0.1) is 11.8 Å². The molecule has 26 heavy (non-hydrogen) atoms. The number of nitrogens with zero attached hydrogens (tertiary/aromatic N) is 4. The van der Waals surface area contributed by atoms with E-state index < -0.39 is 0 Å². The van der Waals surface area contributed by atoms with Gasteiger partial charge in [0.15, 0.2) is 5.65 Å². The van der Waals surface area contributed by atoms with Gasteiger partial charge in [0, 0.05) is 24.1 Å². The van der Waals surface area contributed by atoms with Gasteiger partial charge in [-0.25, -0.2) is 9.97 Å². The molecule has 0 aliphatic heterocycles. The Kier molecular flexibility index (Phi) is 3.98. The van der Waals surface area contributed by atoms with Crippen molar-refractivity contribution < 1.29 is 0 Å². The second-order valence-corrected chi connectivity index (χ2v) is 7.94. The number of H-pyrrole nitrogens is 1. The second kappa shape index (κ2) is 6.32. The van der Waals surface area contributed by atoms with E-state index in [1.54, 1.807) is 36.3 Å².